The molecule has 0 aliphatic heterocycles. The van der Waals surface area contributed by atoms with Gasteiger partial charge in [0.1, 0.15) is 11.5 Å². The van der Waals surface area contributed by atoms with Crippen LogP contribution in [0.25, 0.3) is 0 Å². The minimum Gasteiger partial charge on any atom is -0.497 e. The Morgan fingerprint density at radius 1 is 1.08 bits per heavy atom. The van der Waals surface area contributed by atoms with E-state index < -0.39 is 5.97 Å². The van der Waals surface area contributed by atoms with E-state index in [-0.39, 0.29) is 0 Å². The van der Waals surface area contributed by atoms with Crippen LogP contribution in [0.5, 0.6) is 11.5 Å². The Kier molecular flexibility index (Phi) is 6.75. The van der Waals surface area contributed by atoms with E-state index >= 15 is 0 Å². The van der Waals surface area contributed by atoms with Crippen molar-refractivity contribution < 1.29 is 19.0 Å². The maximum atomic E-state index is 11.8. The molecule has 0 atom stereocenters. The minimum absolute atomic E-state index is 0.418. The zero-order valence-corrected chi connectivity index (χ0v) is 14.4. The fourth-order valence-electron chi connectivity index (χ4n) is 2.11. The van der Waals surface area contributed by atoms with E-state index in [0.29, 0.717) is 29.4 Å². The van der Waals surface area contributed by atoms with Gasteiger partial charge in [-0.2, -0.15) is 0 Å². The van der Waals surface area contributed by atoms with Crippen molar-refractivity contribution >= 4 is 23.3 Å². The molecular formula is C18H20ClNO4. The number of halogens is 1. The number of anilines is 1. The third-order valence-corrected chi connectivity index (χ3v) is 3.59. The van der Waals surface area contributed by atoms with E-state index in [4.69, 9.17) is 25.8 Å². The van der Waals surface area contributed by atoms with Crippen LogP contribution in [0.15, 0.2) is 42.5 Å². The molecule has 0 aliphatic carbocycles. The predicted molar refractivity (Wildman–Crippen MR) is 94.4 cm³/mol. The third kappa shape index (κ3) is 5.06. The fraction of sp³-hybridized carbons (Fsp3) is 0.278. The highest BCUT2D eigenvalue weighted by Gasteiger charge is 2.12. The fourth-order valence-corrected chi connectivity index (χ4v) is 2.28. The molecule has 128 valence electrons. The third-order valence-electron chi connectivity index (χ3n) is 3.35. The first kappa shape index (κ1) is 17.9. The lowest BCUT2D eigenvalue weighted by Gasteiger charge is -2.12. The molecular weight excluding hydrogens is 330 g/mol. The monoisotopic (exact) mass is 349 g/mol. The molecule has 5 nitrogen and oxygen atoms in total. The summed E-state index contributed by atoms with van der Waals surface area (Å²) in [7, 11) is 2.97. The second-order valence-electron chi connectivity index (χ2n) is 4.99. The summed E-state index contributed by atoms with van der Waals surface area (Å²) in [5, 5.41) is 3.69. The SMILES string of the molecule is COC(=O)c1cc(Cl)ccc1NCCCOc1ccc(OC)cc1. The van der Waals surface area contributed by atoms with E-state index in [1.165, 1.54) is 7.11 Å². The second-order valence-corrected chi connectivity index (χ2v) is 5.42. The molecule has 2 rings (SSSR count). The molecule has 0 heterocycles. The molecule has 0 aromatic heterocycles. The Morgan fingerprint density at radius 3 is 2.46 bits per heavy atom. The molecule has 1 N–H and O–H groups in total. The van der Waals surface area contributed by atoms with Gasteiger partial charge < -0.3 is 19.5 Å². The highest BCUT2D eigenvalue weighted by molar-refractivity contribution is 6.31. The maximum absolute atomic E-state index is 11.8. The number of benzene rings is 2. The standard InChI is InChI=1S/C18H20ClNO4/c1-22-14-5-7-15(8-6-14)24-11-3-10-20-17-9-4-13(19)12-16(17)18(21)23-2/h4-9,12,20H,3,10-11H2,1-2H3. The average molecular weight is 350 g/mol. The molecule has 2 aromatic rings. The lowest BCUT2D eigenvalue weighted by Crippen LogP contribution is -2.11. The highest BCUT2D eigenvalue weighted by Crippen LogP contribution is 2.21. The molecule has 6 heteroatoms. The predicted octanol–water partition coefficient (Wildman–Crippen LogP) is 4.02. The van der Waals surface area contributed by atoms with Gasteiger partial charge in [0.15, 0.2) is 0 Å². The van der Waals surface area contributed by atoms with Gasteiger partial charge >= 0.3 is 5.97 Å². The van der Waals surface area contributed by atoms with Crippen molar-refractivity contribution in [1.29, 1.82) is 0 Å². The van der Waals surface area contributed by atoms with Crippen LogP contribution in [0.1, 0.15) is 16.8 Å². The topological polar surface area (TPSA) is 56.8 Å². The summed E-state index contributed by atoms with van der Waals surface area (Å²) in [4.78, 5) is 11.8. The van der Waals surface area contributed by atoms with Crippen LogP contribution < -0.4 is 14.8 Å². The molecule has 0 aliphatic rings. The van der Waals surface area contributed by atoms with Crippen LogP contribution in [0.2, 0.25) is 5.02 Å². The smallest absolute Gasteiger partial charge is 0.340 e. The molecule has 0 saturated carbocycles. The minimum atomic E-state index is -0.422. The molecule has 0 amide bonds. The van der Waals surface area contributed by atoms with E-state index in [9.17, 15) is 4.79 Å². The number of nitrogens with one attached hydrogen (secondary N) is 1. The number of hydrogen-bond acceptors (Lipinski definition) is 5. The second kappa shape index (κ2) is 9.03. The highest BCUT2D eigenvalue weighted by atomic mass is 35.5. The first-order valence-corrected chi connectivity index (χ1v) is 7.90. The van der Waals surface area contributed by atoms with Crippen LogP contribution >= 0.6 is 11.6 Å². The quantitative estimate of drug-likeness (QED) is 0.576. The molecule has 0 fully saturated rings. The number of esters is 1. The van der Waals surface area contributed by atoms with Crippen LogP contribution in [-0.4, -0.2) is 33.3 Å². The molecule has 2 aromatic carbocycles. The summed E-state index contributed by atoms with van der Waals surface area (Å²) >= 11 is 5.93. The first-order valence-electron chi connectivity index (χ1n) is 7.52. The number of ether oxygens (including phenoxy) is 3. The summed E-state index contributed by atoms with van der Waals surface area (Å²) in [6.07, 6.45) is 0.773. The summed E-state index contributed by atoms with van der Waals surface area (Å²) in [5.74, 6) is 1.16. The van der Waals surface area contributed by atoms with Gasteiger partial charge in [-0.15, -0.1) is 0 Å². The van der Waals surface area contributed by atoms with Gasteiger partial charge in [0, 0.05) is 17.3 Å². The molecule has 0 saturated heterocycles. The molecule has 0 spiro atoms. The van der Waals surface area contributed by atoms with Gasteiger partial charge in [-0.3, -0.25) is 0 Å². The lowest BCUT2D eigenvalue weighted by molar-refractivity contribution is 0.0602. The average Bonchev–Trinajstić information content (AvgIpc) is 2.62. The van der Waals surface area contributed by atoms with Gasteiger partial charge in [-0.1, -0.05) is 11.6 Å². The van der Waals surface area contributed by atoms with Crippen molar-refractivity contribution in [1.82, 2.24) is 0 Å². The lowest BCUT2D eigenvalue weighted by atomic mass is 10.1. The zero-order valence-electron chi connectivity index (χ0n) is 13.7. The van der Waals surface area contributed by atoms with Crippen molar-refractivity contribution in [3.05, 3.63) is 53.1 Å². The van der Waals surface area contributed by atoms with Crippen LogP contribution in [0.4, 0.5) is 5.69 Å². The number of rotatable bonds is 8. The largest absolute Gasteiger partial charge is 0.497 e. The van der Waals surface area contributed by atoms with E-state index in [1.807, 2.05) is 24.3 Å². The van der Waals surface area contributed by atoms with Crippen molar-refractivity contribution in [3.8, 4) is 11.5 Å². The Hall–Kier alpha value is -2.40. The summed E-state index contributed by atoms with van der Waals surface area (Å²) in [5.41, 5.74) is 1.11. The van der Waals surface area contributed by atoms with Crippen molar-refractivity contribution in [3.63, 3.8) is 0 Å². The van der Waals surface area contributed by atoms with Crippen molar-refractivity contribution in [2.45, 2.75) is 6.42 Å². The Morgan fingerprint density at radius 2 is 1.79 bits per heavy atom. The summed E-state index contributed by atoms with van der Waals surface area (Å²) < 4.78 is 15.5. The Labute approximate surface area is 146 Å². The number of methoxy groups -OCH3 is 2. The Balaban J connectivity index is 1.80. The Bertz CT molecular complexity index is 673. The van der Waals surface area contributed by atoms with Crippen molar-refractivity contribution in [2.75, 3.05) is 32.7 Å². The zero-order chi connectivity index (χ0) is 17.4. The van der Waals surface area contributed by atoms with Crippen LogP contribution in [0, 0.1) is 0 Å². The van der Waals surface area contributed by atoms with Crippen molar-refractivity contribution in [2.24, 2.45) is 0 Å². The molecule has 24 heavy (non-hydrogen) atoms. The van der Waals surface area contributed by atoms with Gasteiger partial charge in [-0.05, 0) is 48.9 Å². The first-order chi connectivity index (χ1) is 11.6. The molecule has 0 radical (unpaired) electrons. The maximum Gasteiger partial charge on any atom is 0.340 e. The number of hydrogen-bond donors (Lipinski definition) is 1. The van der Waals surface area contributed by atoms with E-state index in [1.54, 1.807) is 25.3 Å². The van der Waals surface area contributed by atoms with E-state index in [2.05, 4.69) is 5.32 Å². The summed E-state index contributed by atoms with van der Waals surface area (Å²) in [6, 6.07) is 12.5. The normalized spacial score (nSPS) is 10.1. The molecule has 0 bridgehead atoms. The van der Waals surface area contributed by atoms with Gasteiger partial charge in [-0.25, -0.2) is 4.79 Å². The van der Waals surface area contributed by atoms with Gasteiger partial charge in [0.05, 0.1) is 26.4 Å². The number of carbonyl (C=O) groups is 1. The van der Waals surface area contributed by atoms with Gasteiger partial charge in [0.25, 0.3) is 0 Å². The van der Waals surface area contributed by atoms with Crippen LogP contribution in [0.3, 0.4) is 0 Å². The summed E-state index contributed by atoms with van der Waals surface area (Å²) in [6.45, 7) is 1.21. The van der Waals surface area contributed by atoms with E-state index in [0.717, 1.165) is 17.9 Å². The van der Waals surface area contributed by atoms with Crippen LogP contribution in [-0.2, 0) is 4.74 Å². The van der Waals surface area contributed by atoms with Gasteiger partial charge in [0.2, 0.25) is 0 Å². The molecule has 0 unspecified atom stereocenters. The number of carbonyl (C=O) groups excluding carboxylic acids is 1.